The van der Waals surface area contributed by atoms with Crippen molar-refractivity contribution in [2.24, 2.45) is 11.3 Å². The largest absolute Gasteiger partial charge is 0.481 e. The average Bonchev–Trinajstić information content (AvgIpc) is 3.15. The average molecular weight is 379 g/mol. The third-order valence-electron chi connectivity index (χ3n) is 5.21. The topological polar surface area (TPSA) is 95.1 Å². The molecule has 0 saturated carbocycles. The fourth-order valence-electron chi connectivity index (χ4n) is 3.53. The summed E-state index contributed by atoms with van der Waals surface area (Å²) >= 11 is 1.50. The molecule has 0 unspecified atom stereocenters. The molecule has 2 atom stereocenters. The standard InChI is InChI=1S/C18H25N3O4S/c1-12(2)3-5-18(16(24)25)11-21(6-4-14(18)22)15(23)9-13-10-20-7-8-26-17(20)19-13/h7-8,10,12,14,22H,3-6,9,11H2,1-2H3,(H,24,25)/t14-,18-/m1/s1. The zero-order valence-electron chi connectivity index (χ0n) is 15.1. The fraction of sp³-hybridized carbons (Fsp3) is 0.611. The van der Waals surface area contributed by atoms with Crippen molar-refractivity contribution < 1.29 is 19.8 Å². The maximum absolute atomic E-state index is 12.7. The minimum Gasteiger partial charge on any atom is -0.481 e. The Bertz CT molecular complexity index is 771. The minimum atomic E-state index is -1.28. The monoisotopic (exact) mass is 379 g/mol. The number of imidazole rings is 1. The summed E-state index contributed by atoms with van der Waals surface area (Å²) in [6.45, 7) is 4.48. The van der Waals surface area contributed by atoms with Gasteiger partial charge in [0, 0.05) is 30.9 Å². The van der Waals surface area contributed by atoms with Gasteiger partial charge >= 0.3 is 5.97 Å². The van der Waals surface area contributed by atoms with Crippen LogP contribution < -0.4 is 0 Å². The lowest BCUT2D eigenvalue weighted by atomic mass is 9.72. The number of likely N-dealkylation sites (tertiary alicyclic amines) is 1. The highest BCUT2D eigenvalue weighted by atomic mass is 32.1. The number of hydrogen-bond acceptors (Lipinski definition) is 5. The van der Waals surface area contributed by atoms with Crippen LogP contribution in [-0.4, -0.2) is 55.6 Å². The summed E-state index contributed by atoms with van der Waals surface area (Å²) in [4.78, 5) is 31.6. The highest BCUT2D eigenvalue weighted by molar-refractivity contribution is 7.15. The van der Waals surface area contributed by atoms with Gasteiger partial charge in [-0.1, -0.05) is 13.8 Å². The zero-order chi connectivity index (χ0) is 18.9. The first-order valence-corrected chi connectivity index (χ1v) is 9.80. The first-order valence-electron chi connectivity index (χ1n) is 8.92. The second kappa shape index (κ2) is 7.36. The lowest BCUT2D eigenvalue weighted by Gasteiger charge is -2.43. The van der Waals surface area contributed by atoms with Gasteiger partial charge in [-0.15, -0.1) is 11.3 Å². The molecule has 142 valence electrons. The SMILES string of the molecule is CC(C)CC[C@@]1(C(=O)O)CN(C(=O)Cc2cn3ccsc3n2)CC[C@H]1O. The quantitative estimate of drug-likeness (QED) is 0.801. The molecule has 2 N–H and O–H groups in total. The van der Waals surface area contributed by atoms with Crippen LogP contribution >= 0.6 is 11.3 Å². The number of fused-ring (bicyclic) bond motifs is 1. The van der Waals surface area contributed by atoms with Crippen LogP contribution in [0.15, 0.2) is 17.8 Å². The van der Waals surface area contributed by atoms with Crippen LogP contribution in [0.25, 0.3) is 4.96 Å². The summed E-state index contributed by atoms with van der Waals surface area (Å²) in [7, 11) is 0. The lowest BCUT2D eigenvalue weighted by Crippen LogP contribution is -2.57. The number of thiazole rings is 1. The van der Waals surface area contributed by atoms with Crippen molar-refractivity contribution in [3.63, 3.8) is 0 Å². The second-order valence-corrected chi connectivity index (χ2v) is 8.39. The number of hydrogen-bond donors (Lipinski definition) is 2. The Morgan fingerprint density at radius 1 is 1.46 bits per heavy atom. The van der Waals surface area contributed by atoms with E-state index in [1.807, 2.05) is 36.0 Å². The van der Waals surface area contributed by atoms with E-state index >= 15 is 0 Å². The van der Waals surface area contributed by atoms with Gasteiger partial charge in [0.15, 0.2) is 4.96 Å². The number of piperidine rings is 1. The van der Waals surface area contributed by atoms with Crippen LogP contribution in [0.4, 0.5) is 0 Å². The first kappa shape index (κ1) is 18.8. The molecule has 0 radical (unpaired) electrons. The molecule has 1 saturated heterocycles. The second-order valence-electron chi connectivity index (χ2n) is 7.52. The summed E-state index contributed by atoms with van der Waals surface area (Å²) in [5, 5.41) is 22.2. The highest BCUT2D eigenvalue weighted by Crippen LogP contribution is 2.37. The van der Waals surface area contributed by atoms with Crippen molar-refractivity contribution in [1.82, 2.24) is 14.3 Å². The number of nitrogens with zero attached hydrogens (tertiary/aromatic N) is 3. The number of aliphatic hydroxyl groups is 1. The van der Waals surface area contributed by atoms with Crippen LogP contribution in [0.5, 0.6) is 0 Å². The van der Waals surface area contributed by atoms with E-state index in [0.717, 1.165) is 4.96 Å². The molecule has 7 nitrogen and oxygen atoms in total. The number of carbonyl (C=O) groups excluding carboxylic acids is 1. The molecule has 0 spiro atoms. The van der Waals surface area contributed by atoms with E-state index < -0.39 is 17.5 Å². The van der Waals surface area contributed by atoms with Gasteiger partial charge in [-0.05, 0) is 25.2 Å². The van der Waals surface area contributed by atoms with Crippen LogP contribution in [0.3, 0.4) is 0 Å². The van der Waals surface area contributed by atoms with Crippen molar-refractivity contribution >= 4 is 28.2 Å². The predicted octanol–water partition coefficient (Wildman–Crippen LogP) is 2.04. The fourth-order valence-corrected chi connectivity index (χ4v) is 4.25. The van der Waals surface area contributed by atoms with E-state index in [1.54, 1.807) is 4.90 Å². The van der Waals surface area contributed by atoms with Crippen molar-refractivity contribution in [1.29, 1.82) is 0 Å². The summed E-state index contributed by atoms with van der Waals surface area (Å²) in [5.41, 5.74) is -0.608. The van der Waals surface area contributed by atoms with Crippen LogP contribution in [0.2, 0.25) is 0 Å². The highest BCUT2D eigenvalue weighted by Gasteiger charge is 2.49. The molecule has 1 aliphatic rings. The molecular formula is C18H25N3O4S. The van der Waals surface area contributed by atoms with Gasteiger partial charge in [0.1, 0.15) is 5.41 Å². The molecule has 0 aliphatic carbocycles. The third-order valence-corrected chi connectivity index (χ3v) is 5.98. The van der Waals surface area contributed by atoms with Crippen molar-refractivity contribution in [2.75, 3.05) is 13.1 Å². The van der Waals surface area contributed by atoms with Crippen molar-refractivity contribution in [3.05, 3.63) is 23.5 Å². The number of amides is 1. The lowest BCUT2D eigenvalue weighted by molar-refractivity contribution is -0.167. The Morgan fingerprint density at radius 2 is 2.23 bits per heavy atom. The molecule has 1 aliphatic heterocycles. The molecule has 8 heteroatoms. The number of aliphatic carboxylic acids is 1. The minimum absolute atomic E-state index is 0.0528. The molecule has 3 heterocycles. The van der Waals surface area contributed by atoms with Gasteiger partial charge in [0.2, 0.25) is 5.91 Å². The van der Waals surface area contributed by atoms with Gasteiger partial charge in [0.05, 0.1) is 18.2 Å². The Morgan fingerprint density at radius 3 is 2.88 bits per heavy atom. The number of carboxylic acid groups (broad SMARTS) is 1. The Balaban J connectivity index is 1.73. The van der Waals surface area contributed by atoms with Crippen molar-refractivity contribution in [2.45, 2.75) is 45.6 Å². The number of carboxylic acids is 1. The molecule has 1 amide bonds. The van der Waals surface area contributed by atoms with Gasteiger partial charge in [-0.3, -0.25) is 14.0 Å². The molecule has 2 aromatic heterocycles. The van der Waals surface area contributed by atoms with E-state index in [4.69, 9.17) is 0 Å². The maximum atomic E-state index is 12.7. The van der Waals surface area contributed by atoms with Crippen LogP contribution in [0, 0.1) is 11.3 Å². The van der Waals surface area contributed by atoms with Gasteiger partial charge in [-0.2, -0.15) is 0 Å². The van der Waals surface area contributed by atoms with E-state index in [-0.39, 0.29) is 25.3 Å². The van der Waals surface area contributed by atoms with Crippen LogP contribution in [-0.2, 0) is 16.0 Å². The number of aliphatic hydroxyl groups excluding tert-OH is 1. The molecule has 0 aromatic carbocycles. The predicted molar refractivity (Wildman–Crippen MR) is 98.1 cm³/mol. The molecular weight excluding hydrogens is 354 g/mol. The van der Waals surface area contributed by atoms with E-state index in [2.05, 4.69) is 4.98 Å². The Kier molecular flexibility index (Phi) is 5.34. The summed E-state index contributed by atoms with van der Waals surface area (Å²) < 4.78 is 1.87. The summed E-state index contributed by atoms with van der Waals surface area (Å²) in [6, 6.07) is 0. The van der Waals surface area contributed by atoms with E-state index in [1.165, 1.54) is 11.3 Å². The van der Waals surface area contributed by atoms with Crippen LogP contribution in [0.1, 0.15) is 38.8 Å². The summed E-state index contributed by atoms with van der Waals surface area (Å²) in [6.07, 6.45) is 4.28. The number of carbonyl (C=O) groups is 2. The third kappa shape index (κ3) is 3.61. The Hall–Kier alpha value is -1.93. The smallest absolute Gasteiger partial charge is 0.314 e. The molecule has 2 aromatic rings. The summed E-state index contributed by atoms with van der Waals surface area (Å²) in [5.74, 6) is -0.827. The maximum Gasteiger partial charge on any atom is 0.314 e. The molecule has 26 heavy (non-hydrogen) atoms. The van der Waals surface area contributed by atoms with Gasteiger partial charge in [0.25, 0.3) is 0 Å². The van der Waals surface area contributed by atoms with E-state index in [0.29, 0.717) is 31.0 Å². The number of aromatic nitrogens is 2. The van der Waals surface area contributed by atoms with E-state index in [9.17, 15) is 19.8 Å². The molecule has 1 fully saturated rings. The van der Waals surface area contributed by atoms with Gasteiger partial charge in [-0.25, -0.2) is 4.98 Å². The first-order chi connectivity index (χ1) is 12.3. The Labute approximate surface area is 156 Å². The number of rotatable bonds is 6. The van der Waals surface area contributed by atoms with Crippen molar-refractivity contribution in [3.8, 4) is 0 Å². The normalized spacial score (nSPS) is 23.7. The zero-order valence-corrected chi connectivity index (χ0v) is 15.9. The molecule has 3 rings (SSSR count). The van der Waals surface area contributed by atoms with Gasteiger partial charge < -0.3 is 15.1 Å². The molecule has 0 bridgehead atoms.